The van der Waals surface area contributed by atoms with Gasteiger partial charge in [0.25, 0.3) is 5.91 Å². The SMILES string of the molecule is CCNCC1CCN(C(=O)c2cccc(OC)c2OC(F)F)CC1. The Labute approximate surface area is 140 Å². The summed E-state index contributed by atoms with van der Waals surface area (Å²) in [5, 5.41) is 3.32. The number of alkyl halides is 2. The maximum atomic E-state index is 12.7. The number of methoxy groups -OCH3 is 1. The van der Waals surface area contributed by atoms with Crippen LogP contribution in [-0.4, -0.2) is 50.7 Å². The van der Waals surface area contributed by atoms with Crippen LogP contribution in [0, 0.1) is 5.92 Å². The van der Waals surface area contributed by atoms with E-state index in [2.05, 4.69) is 17.0 Å². The molecule has 0 radical (unpaired) electrons. The van der Waals surface area contributed by atoms with Crippen LogP contribution in [0.1, 0.15) is 30.1 Å². The molecular formula is C17H24F2N2O3. The average molecular weight is 342 g/mol. The first-order chi connectivity index (χ1) is 11.6. The molecular weight excluding hydrogens is 318 g/mol. The van der Waals surface area contributed by atoms with E-state index >= 15 is 0 Å². The van der Waals surface area contributed by atoms with Crippen LogP contribution in [-0.2, 0) is 0 Å². The molecule has 1 aromatic rings. The number of halogens is 2. The van der Waals surface area contributed by atoms with Gasteiger partial charge in [-0.2, -0.15) is 8.78 Å². The van der Waals surface area contributed by atoms with Gasteiger partial charge in [-0.1, -0.05) is 13.0 Å². The van der Waals surface area contributed by atoms with Gasteiger partial charge in [0.2, 0.25) is 0 Å². The second kappa shape index (κ2) is 8.82. The molecule has 1 heterocycles. The molecule has 1 aliphatic heterocycles. The predicted molar refractivity (Wildman–Crippen MR) is 86.8 cm³/mol. The molecule has 1 aromatic carbocycles. The normalized spacial score (nSPS) is 15.6. The van der Waals surface area contributed by atoms with Crippen molar-refractivity contribution in [3.63, 3.8) is 0 Å². The number of para-hydroxylation sites is 1. The molecule has 2 rings (SSSR count). The predicted octanol–water partition coefficient (Wildman–Crippen LogP) is 2.76. The van der Waals surface area contributed by atoms with Crippen LogP contribution >= 0.6 is 0 Å². The van der Waals surface area contributed by atoms with E-state index < -0.39 is 6.61 Å². The maximum absolute atomic E-state index is 12.7. The smallest absolute Gasteiger partial charge is 0.387 e. The van der Waals surface area contributed by atoms with Crippen molar-refractivity contribution in [2.75, 3.05) is 33.3 Å². The monoisotopic (exact) mass is 342 g/mol. The molecule has 134 valence electrons. The average Bonchev–Trinajstić information content (AvgIpc) is 2.59. The number of likely N-dealkylation sites (tertiary alicyclic amines) is 1. The molecule has 7 heteroatoms. The van der Waals surface area contributed by atoms with Gasteiger partial charge in [-0.25, -0.2) is 0 Å². The molecule has 1 saturated heterocycles. The summed E-state index contributed by atoms with van der Waals surface area (Å²) in [5.74, 6) is 0.167. The van der Waals surface area contributed by atoms with Gasteiger partial charge in [-0.05, 0) is 44.0 Å². The van der Waals surface area contributed by atoms with Crippen molar-refractivity contribution in [3.8, 4) is 11.5 Å². The van der Waals surface area contributed by atoms with E-state index in [0.717, 1.165) is 25.9 Å². The van der Waals surface area contributed by atoms with Gasteiger partial charge in [0, 0.05) is 13.1 Å². The number of rotatable bonds is 7. The minimum Gasteiger partial charge on any atom is -0.493 e. The lowest BCUT2D eigenvalue weighted by molar-refractivity contribution is -0.0516. The summed E-state index contributed by atoms with van der Waals surface area (Å²) in [6, 6.07) is 4.59. The molecule has 0 atom stereocenters. The Morgan fingerprint density at radius 2 is 2.08 bits per heavy atom. The molecule has 1 fully saturated rings. The standard InChI is InChI=1S/C17H24F2N2O3/c1-3-20-11-12-7-9-21(10-8-12)16(22)13-5-4-6-14(23-2)15(13)24-17(18)19/h4-6,12,17,20H,3,7-11H2,1-2H3. The van der Waals surface area contributed by atoms with Crippen molar-refractivity contribution in [2.24, 2.45) is 5.92 Å². The summed E-state index contributed by atoms with van der Waals surface area (Å²) in [5.41, 5.74) is 0.111. The second-order valence-electron chi connectivity index (χ2n) is 5.76. The Balaban J connectivity index is 2.10. The number of hydrogen-bond donors (Lipinski definition) is 1. The van der Waals surface area contributed by atoms with E-state index in [1.165, 1.54) is 19.2 Å². The fourth-order valence-corrected chi connectivity index (χ4v) is 2.91. The van der Waals surface area contributed by atoms with Gasteiger partial charge in [0.1, 0.15) is 0 Å². The van der Waals surface area contributed by atoms with E-state index in [4.69, 9.17) is 4.74 Å². The Bertz CT molecular complexity index is 547. The van der Waals surface area contributed by atoms with Crippen LogP contribution in [0.2, 0.25) is 0 Å². The molecule has 1 N–H and O–H groups in total. The number of carbonyl (C=O) groups excluding carboxylic acids is 1. The molecule has 0 spiro atoms. The van der Waals surface area contributed by atoms with E-state index in [-0.39, 0.29) is 23.0 Å². The largest absolute Gasteiger partial charge is 0.493 e. The van der Waals surface area contributed by atoms with Crippen LogP contribution in [0.4, 0.5) is 8.78 Å². The van der Waals surface area contributed by atoms with Crippen LogP contribution in [0.25, 0.3) is 0 Å². The van der Waals surface area contributed by atoms with Crippen molar-refractivity contribution in [2.45, 2.75) is 26.4 Å². The van der Waals surface area contributed by atoms with Crippen LogP contribution in [0.3, 0.4) is 0 Å². The highest BCUT2D eigenvalue weighted by Crippen LogP contribution is 2.33. The Morgan fingerprint density at radius 3 is 2.67 bits per heavy atom. The van der Waals surface area contributed by atoms with Crippen molar-refractivity contribution in [1.29, 1.82) is 0 Å². The summed E-state index contributed by atoms with van der Waals surface area (Å²) in [6.07, 6.45) is 1.79. The number of hydrogen-bond acceptors (Lipinski definition) is 4. The van der Waals surface area contributed by atoms with Crippen LogP contribution < -0.4 is 14.8 Å². The highest BCUT2D eigenvalue weighted by atomic mass is 19.3. The lowest BCUT2D eigenvalue weighted by Crippen LogP contribution is -2.41. The topological polar surface area (TPSA) is 50.8 Å². The summed E-state index contributed by atoms with van der Waals surface area (Å²) in [4.78, 5) is 14.4. The van der Waals surface area contributed by atoms with Gasteiger partial charge in [0.05, 0.1) is 12.7 Å². The van der Waals surface area contributed by atoms with Crippen molar-refractivity contribution >= 4 is 5.91 Å². The first kappa shape index (κ1) is 18.4. The summed E-state index contributed by atoms with van der Waals surface area (Å²) in [7, 11) is 1.36. The van der Waals surface area contributed by atoms with Gasteiger partial charge < -0.3 is 19.7 Å². The second-order valence-corrected chi connectivity index (χ2v) is 5.76. The number of nitrogens with one attached hydrogen (secondary N) is 1. The van der Waals surface area contributed by atoms with Crippen molar-refractivity contribution in [3.05, 3.63) is 23.8 Å². The molecule has 1 amide bonds. The molecule has 0 bridgehead atoms. The van der Waals surface area contributed by atoms with E-state index in [0.29, 0.717) is 19.0 Å². The van der Waals surface area contributed by atoms with Gasteiger partial charge >= 0.3 is 6.61 Å². The zero-order valence-corrected chi connectivity index (χ0v) is 14.1. The quantitative estimate of drug-likeness (QED) is 0.828. The van der Waals surface area contributed by atoms with E-state index in [1.807, 2.05) is 0 Å². The minimum absolute atomic E-state index is 0.111. The third kappa shape index (κ3) is 4.56. The number of carbonyl (C=O) groups is 1. The lowest BCUT2D eigenvalue weighted by Gasteiger charge is -2.32. The summed E-state index contributed by atoms with van der Waals surface area (Å²) >= 11 is 0. The number of piperidine rings is 1. The number of nitrogens with zero attached hydrogens (tertiary/aromatic N) is 1. The summed E-state index contributed by atoms with van der Waals surface area (Å²) in [6.45, 7) is 2.14. The third-order valence-electron chi connectivity index (χ3n) is 4.22. The molecule has 5 nitrogen and oxygen atoms in total. The first-order valence-corrected chi connectivity index (χ1v) is 8.18. The van der Waals surface area contributed by atoms with Gasteiger partial charge in [-0.3, -0.25) is 4.79 Å². The third-order valence-corrected chi connectivity index (χ3v) is 4.22. The Morgan fingerprint density at radius 1 is 1.38 bits per heavy atom. The molecule has 24 heavy (non-hydrogen) atoms. The van der Waals surface area contributed by atoms with Gasteiger partial charge in [-0.15, -0.1) is 0 Å². The van der Waals surface area contributed by atoms with E-state index in [1.54, 1.807) is 11.0 Å². The van der Waals surface area contributed by atoms with E-state index in [9.17, 15) is 13.6 Å². The molecule has 0 aromatic heterocycles. The Kier molecular flexibility index (Phi) is 6.78. The molecule has 1 aliphatic rings. The highest BCUT2D eigenvalue weighted by molar-refractivity contribution is 5.97. The first-order valence-electron chi connectivity index (χ1n) is 8.18. The minimum atomic E-state index is -3.02. The zero-order chi connectivity index (χ0) is 17.5. The Hall–Kier alpha value is -1.89. The van der Waals surface area contributed by atoms with Crippen molar-refractivity contribution < 1.29 is 23.0 Å². The zero-order valence-electron chi connectivity index (χ0n) is 14.1. The molecule has 0 unspecified atom stereocenters. The number of amides is 1. The van der Waals surface area contributed by atoms with Gasteiger partial charge in [0.15, 0.2) is 11.5 Å². The lowest BCUT2D eigenvalue weighted by atomic mass is 9.96. The van der Waals surface area contributed by atoms with Crippen LogP contribution in [0.5, 0.6) is 11.5 Å². The fraction of sp³-hybridized carbons (Fsp3) is 0.588. The van der Waals surface area contributed by atoms with Crippen LogP contribution in [0.15, 0.2) is 18.2 Å². The molecule has 0 aliphatic carbocycles. The maximum Gasteiger partial charge on any atom is 0.387 e. The number of ether oxygens (including phenoxy) is 2. The molecule has 0 saturated carbocycles. The highest BCUT2D eigenvalue weighted by Gasteiger charge is 2.27. The fourth-order valence-electron chi connectivity index (χ4n) is 2.91. The van der Waals surface area contributed by atoms with Crippen molar-refractivity contribution in [1.82, 2.24) is 10.2 Å². The number of benzene rings is 1. The summed E-state index contributed by atoms with van der Waals surface area (Å²) < 4.78 is 35.0.